The molecule has 0 aliphatic carbocycles. The van der Waals surface area contributed by atoms with Gasteiger partial charge >= 0.3 is 0 Å². The van der Waals surface area contributed by atoms with Gasteiger partial charge in [0.05, 0.1) is 13.2 Å². The quantitative estimate of drug-likeness (QED) is 0.803. The second-order valence-corrected chi connectivity index (χ2v) is 5.06. The van der Waals surface area contributed by atoms with Crippen molar-refractivity contribution in [3.8, 4) is 0 Å². The van der Waals surface area contributed by atoms with E-state index < -0.39 is 0 Å². The van der Waals surface area contributed by atoms with Crippen LogP contribution in [0.4, 0.5) is 0 Å². The van der Waals surface area contributed by atoms with Gasteiger partial charge in [0.2, 0.25) is 0 Å². The molecule has 3 heteroatoms. The number of rotatable bonds is 5. The topological polar surface area (TPSA) is 24.5 Å². The lowest BCUT2D eigenvalue weighted by atomic mass is 10.1. The summed E-state index contributed by atoms with van der Waals surface area (Å²) in [6, 6.07) is 6.66. The summed E-state index contributed by atoms with van der Waals surface area (Å²) in [5.74, 6) is 0. The number of benzene rings is 1. The normalized spacial score (nSPS) is 17.0. The van der Waals surface area contributed by atoms with Gasteiger partial charge < -0.3 is 10.1 Å². The molecule has 0 unspecified atom stereocenters. The van der Waals surface area contributed by atoms with Crippen LogP contribution < -0.4 is 5.32 Å². The average molecular weight is 248 g/mol. The standard InChI is InChI=1S/C15H24N2O/c1-13-3-4-15(14(2)11-13)12-16-5-6-17-7-9-18-10-8-17/h3-4,11,16H,5-10,12H2,1-2H3. The maximum Gasteiger partial charge on any atom is 0.0594 e. The van der Waals surface area contributed by atoms with Crippen molar-refractivity contribution in [2.75, 3.05) is 39.4 Å². The fraction of sp³-hybridized carbons (Fsp3) is 0.600. The van der Waals surface area contributed by atoms with E-state index in [1.807, 2.05) is 0 Å². The molecule has 1 aliphatic heterocycles. The molecule has 1 aromatic carbocycles. The van der Waals surface area contributed by atoms with Crippen molar-refractivity contribution < 1.29 is 4.74 Å². The van der Waals surface area contributed by atoms with Gasteiger partial charge in [-0.1, -0.05) is 23.8 Å². The molecule has 1 N–H and O–H groups in total. The van der Waals surface area contributed by atoms with Crippen LogP contribution in [-0.2, 0) is 11.3 Å². The zero-order valence-electron chi connectivity index (χ0n) is 11.5. The molecule has 1 heterocycles. The zero-order chi connectivity index (χ0) is 12.8. The van der Waals surface area contributed by atoms with Crippen LogP contribution in [0.1, 0.15) is 16.7 Å². The first kappa shape index (κ1) is 13.5. The Kier molecular flexibility index (Phi) is 5.17. The fourth-order valence-corrected chi connectivity index (χ4v) is 2.33. The Morgan fingerprint density at radius 1 is 1.22 bits per heavy atom. The zero-order valence-corrected chi connectivity index (χ0v) is 11.5. The van der Waals surface area contributed by atoms with Crippen molar-refractivity contribution in [1.82, 2.24) is 10.2 Å². The van der Waals surface area contributed by atoms with E-state index in [1.165, 1.54) is 16.7 Å². The first-order chi connectivity index (χ1) is 8.75. The molecule has 1 saturated heterocycles. The molecule has 1 aromatic rings. The summed E-state index contributed by atoms with van der Waals surface area (Å²) in [4.78, 5) is 2.46. The van der Waals surface area contributed by atoms with E-state index in [9.17, 15) is 0 Å². The minimum atomic E-state index is 0.886. The molecule has 0 spiro atoms. The predicted molar refractivity (Wildman–Crippen MR) is 74.9 cm³/mol. The van der Waals surface area contributed by atoms with Crippen molar-refractivity contribution in [1.29, 1.82) is 0 Å². The molecule has 1 aliphatic rings. The van der Waals surface area contributed by atoms with Crippen LogP contribution in [0, 0.1) is 13.8 Å². The van der Waals surface area contributed by atoms with Gasteiger partial charge in [0.15, 0.2) is 0 Å². The molecule has 3 nitrogen and oxygen atoms in total. The minimum absolute atomic E-state index is 0.886. The Labute approximate surface area is 110 Å². The largest absolute Gasteiger partial charge is 0.379 e. The highest BCUT2D eigenvalue weighted by atomic mass is 16.5. The number of ether oxygens (including phenoxy) is 1. The fourth-order valence-electron chi connectivity index (χ4n) is 2.33. The Bertz CT molecular complexity index is 373. The highest BCUT2D eigenvalue weighted by Gasteiger charge is 2.08. The smallest absolute Gasteiger partial charge is 0.0594 e. The second-order valence-electron chi connectivity index (χ2n) is 5.06. The van der Waals surface area contributed by atoms with Crippen molar-refractivity contribution in [2.45, 2.75) is 20.4 Å². The van der Waals surface area contributed by atoms with Crippen LogP contribution in [0.15, 0.2) is 18.2 Å². The first-order valence-electron chi connectivity index (χ1n) is 6.82. The van der Waals surface area contributed by atoms with Gasteiger partial charge in [-0.3, -0.25) is 4.90 Å². The highest BCUT2D eigenvalue weighted by molar-refractivity contribution is 5.30. The summed E-state index contributed by atoms with van der Waals surface area (Å²) in [6.45, 7) is 11.4. The number of aryl methyl sites for hydroxylation is 2. The molecule has 2 rings (SSSR count). The SMILES string of the molecule is Cc1ccc(CNCCN2CCOCC2)c(C)c1. The molecule has 0 atom stereocenters. The van der Waals surface area contributed by atoms with Gasteiger partial charge in [0.25, 0.3) is 0 Å². The number of nitrogens with one attached hydrogen (secondary N) is 1. The maximum atomic E-state index is 5.34. The van der Waals surface area contributed by atoms with Crippen LogP contribution >= 0.6 is 0 Å². The Morgan fingerprint density at radius 2 is 2.00 bits per heavy atom. The van der Waals surface area contributed by atoms with Gasteiger partial charge in [-0.15, -0.1) is 0 Å². The van der Waals surface area contributed by atoms with E-state index in [-0.39, 0.29) is 0 Å². The third-order valence-electron chi connectivity index (χ3n) is 3.52. The van der Waals surface area contributed by atoms with Crippen molar-refractivity contribution >= 4 is 0 Å². The number of morpholine rings is 1. The summed E-state index contributed by atoms with van der Waals surface area (Å²) in [5, 5.41) is 3.53. The molecular formula is C15H24N2O. The third kappa shape index (κ3) is 4.09. The number of nitrogens with zero attached hydrogens (tertiary/aromatic N) is 1. The van der Waals surface area contributed by atoms with Crippen molar-refractivity contribution in [3.63, 3.8) is 0 Å². The average Bonchev–Trinajstić information content (AvgIpc) is 2.38. The van der Waals surface area contributed by atoms with Crippen LogP contribution in [0.5, 0.6) is 0 Å². The summed E-state index contributed by atoms with van der Waals surface area (Å²) in [5.41, 5.74) is 4.13. The highest BCUT2D eigenvalue weighted by Crippen LogP contribution is 2.09. The molecule has 1 fully saturated rings. The lowest BCUT2D eigenvalue weighted by molar-refractivity contribution is 0.0384. The van der Waals surface area contributed by atoms with Gasteiger partial charge in [0, 0.05) is 32.7 Å². The number of hydrogen-bond acceptors (Lipinski definition) is 3. The third-order valence-corrected chi connectivity index (χ3v) is 3.52. The lowest BCUT2D eigenvalue weighted by Crippen LogP contribution is -2.40. The monoisotopic (exact) mass is 248 g/mol. The minimum Gasteiger partial charge on any atom is -0.379 e. The lowest BCUT2D eigenvalue weighted by Gasteiger charge is -2.26. The Balaban J connectivity index is 1.68. The van der Waals surface area contributed by atoms with Crippen LogP contribution in [0.25, 0.3) is 0 Å². The maximum absolute atomic E-state index is 5.34. The summed E-state index contributed by atoms with van der Waals surface area (Å²) in [6.07, 6.45) is 0. The second kappa shape index (κ2) is 6.88. The molecule has 0 amide bonds. The Hall–Kier alpha value is -0.900. The molecule has 0 saturated carbocycles. The van der Waals surface area contributed by atoms with E-state index in [1.54, 1.807) is 0 Å². The number of hydrogen-bond donors (Lipinski definition) is 1. The van der Waals surface area contributed by atoms with Crippen molar-refractivity contribution in [2.24, 2.45) is 0 Å². The van der Waals surface area contributed by atoms with Crippen LogP contribution in [0.2, 0.25) is 0 Å². The van der Waals surface area contributed by atoms with E-state index in [0.29, 0.717) is 0 Å². The van der Waals surface area contributed by atoms with E-state index in [4.69, 9.17) is 4.74 Å². The van der Waals surface area contributed by atoms with E-state index in [0.717, 1.165) is 45.9 Å². The predicted octanol–water partition coefficient (Wildman–Crippen LogP) is 1.73. The van der Waals surface area contributed by atoms with Gasteiger partial charge in [-0.2, -0.15) is 0 Å². The van der Waals surface area contributed by atoms with E-state index in [2.05, 4.69) is 42.3 Å². The van der Waals surface area contributed by atoms with Crippen LogP contribution in [-0.4, -0.2) is 44.3 Å². The molecule has 0 bridgehead atoms. The Morgan fingerprint density at radius 3 is 2.72 bits per heavy atom. The summed E-state index contributed by atoms with van der Waals surface area (Å²) >= 11 is 0. The first-order valence-corrected chi connectivity index (χ1v) is 6.82. The van der Waals surface area contributed by atoms with Gasteiger partial charge in [-0.05, 0) is 25.0 Å². The summed E-state index contributed by atoms with van der Waals surface area (Å²) < 4.78 is 5.34. The molecule has 0 radical (unpaired) electrons. The molecule has 18 heavy (non-hydrogen) atoms. The van der Waals surface area contributed by atoms with E-state index >= 15 is 0 Å². The molecule has 100 valence electrons. The van der Waals surface area contributed by atoms with Gasteiger partial charge in [0.1, 0.15) is 0 Å². The molecular weight excluding hydrogens is 224 g/mol. The molecule has 0 aromatic heterocycles. The van der Waals surface area contributed by atoms with Gasteiger partial charge in [-0.25, -0.2) is 0 Å². The van der Waals surface area contributed by atoms with Crippen LogP contribution in [0.3, 0.4) is 0 Å². The van der Waals surface area contributed by atoms with Crippen molar-refractivity contribution in [3.05, 3.63) is 34.9 Å². The summed E-state index contributed by atoms with van der Waals surface area (Å²) in [7, 11) is 0.